The van der Waals surface area contributed by atoms with Crippen molar-refractivity contribution < 1.29 is 18.8 Å². The van der Waals surface area contributed by atoms with Crippen LogP contribution in [0.15, 0.2) is 47.0 Å². The van der Waals surface area contributed by atoms with Gasteiger partial charge in [-0.15, -0.1) is 0 Å². The van der Waals surface area contributed by atoms with Crippen LogP contribution in [0.1, 0.15) is 68.7 Å². The molecule has 0 bridgehead atoms. The van der Waals surface area contributed by atoms with Gasteiger partial charge in [-0.05, 0) is 89.6 Å². The summed E-state index contributed by atoms with van der Waals surface area (Å²) >= 11 is 0. The fourth-order valence-corrected chi connectivity index (χ4v) is 4.21. The van der Waals surface area contributed by atoms with Crippen molar-refractivity contribution in [3.05, 3.63) is 65.0 Å². The highest BCUT2D eigenvalue weighted by molar-refractivity contribution is 5.69. The highest BCUT2D eigenvalue weighted by Crippen LogP contribution is 2.34. The molecule has 1 saturated heterocycles. The minimum absolute atomic E-state index is 0.261. The predicted octanol–water partition coefficient (Wildman–Crippen LogP) is 6.44. The first kappa shape index (κ1) is 24.8. The van der Waals surface area contributed by atoms with Crippen LogP contribution in [-0.2, 0) is 11.2 Å². The maximum atomic E-state index is 12.6. The number of hydrogen-bond acceptors (Lipinski definition) is 6. The number of aromatic nitrogens is 2. The molecule has 0 saturated carbocycles. The first-order valence-electron chi connectivity index (χ1n) is 12.3. The second kappa shape index (κ2) is 10.5. The van der Waals surface area contributed by atoms with Gasteiger partial charge in [0, 0.05) is 12.1 Å². The summed E-state index contributed by atoms with van der Waals surface area (Å²) < 4.78 is 17.1. The lowest BCUT2D eigenvalue weighted by molar-refractivity contribution is 0.0199. The molecule has 0 aliphatic carbocycles. The standard InChI is InChI=1S/C28H35N3O4/c1-19-10-12-21(13-11-19)8-7-17-33-24-15-14-22(18-20(24)2)25-29-26(35-30-25)23-9-6-16-31(23)27(32)34-28(3,4)5/h10-15,18,23H,6-9,16-17H2,1-5H3/t23-/m0/s1. The van der Waals surface area contributed by atoms with E-state index in [0.717, 1.165) is 42.6 Å². The molecule has 1 aliphatic rings. The molecule has 1 atom stereocenters. The number of rotatable bonds is 7. The molecule has 1 fully saturated rings. The lowest BCUT2D eigenvalue weighted by Gasteiger charge is -2.26. The molecule has 7 nitrogen and oxygen atoms in total. The Hall–Kier alpha value is -3.35. The van der Waals surface area contributed by atoms with Crippen LogP contribution in [-0.4, -0.2) is 39.9 Å². The Bertz CT molecular complexity index is 1150. The summed E-state index contributed by atoms with van der Waals surface area (Å²) in [6.07, 6.45) is 3.24. The van der Waals surface area contributed by atoms with Crippen molar-refractivity contribution in [1.29, 1.82) is 0 Å². The summed E-state index contributed by atoms with van der Waals surface area (Å²) in [6, 6.07) is 14.3. The smallest absolute Gasteiger partial charge is 0.410 e. The van der Waals surface area contributed by atoms with E-state index in [1.54, 1.807) is 4.90 Å². The summed E-state index contributed by atoms with van der Waals surface area (Å²) in [7, 11) is 0. The molecule has 0 unspecified atom stereocenters. The number of benzene rings is 2. The van der Waals surface area contributed by atoms with Gasteiger partial charge in [-0.2, -0.15) is 4.98 Å². The van der Waals surface area contributed by atoms with Crippen molar-refractivity contribution >= 4 is 6.09 Å². The molecular formula is C28H35N3O4. The third kappa shape index (κ3) is 6.41. The number of ether oxygens (including phenoxy) is 2. The molecule has 0 radical (unpaired) electrons. The number of amides is 1. The molecule has 7 heteroatoms. The maximum absolute atomic E-state index is 12.6. The molecule has 35 heavy (non-hydrogen) atoms. The lowest BCUT2D eigenvalue weighted by atomic mass is 10.1. The molecule has 3 aromatic rings. The Morgan fingerprint density at radius 2 is 1.91 bits per heavy atom. The van der Waals surface area contributed by atoms with E-state index in [2.05, 4.69) is 41.3 Å². The first-order chi connectivity index (χ1) is 16.7. The number of likely N-dealkylation sites (tertiary alicyclic amines) is 1. The van der Waals surface area contributed by atoms with Crippen LogP contribution < -0.4 is 4.74 Å². The summed E-state index contributed by atoms with van der Waals surface area (Å²) in [5, 5.41) is 4.18. The van der Waals surface area contributed by atoms with E-state index in [-0.39, 0.29) is 12.1 Å². The second-order valence-electron chi connectivity index (χ2n) is 10.2. The summed E-state index contributed by atoms with van der Waals surface area (Å²) in [5.41, 5.74) is 3.92. The average molecular weight is 478 g/mol. The molecule has 1 aromatic heterocycles. The van der Waals surface area contributed by atoms with E-state index in [0.29, 0.717) is 24.9 Å². The molecule has 4 rings (SSSR count). The van der Waals surface area contributed by atoms with Crippen LogP contribution in [0.5, 0.6) is 5.75 Å². The SMILES string of the molecule is Cc1ccc(CCCOc2ccc(-c3noc([C@@H]4CCCN4C(=O)OC(C)(C)C)n3)cc2C)cc1. The zero-order valence-corrected chi connectivity index (χ0v) is 21.3. The number of hydrogen-bond donors (Lipinski definition) is 0. The highest BCUT2D eigenvalue weighted by Gasteiger charge is 2.36. The Balaban J connectivity index is 1.36. The van der Waals surface area contributed by atoms with Crippen LogP contribution in [0.25, 0.3) is 11.4 Å². The first-order valence-corrected chi connectivity index (χ1v) is 12.3. The molecule has 186 valence electrons. The molecule has 1 amide bonds. The average Bonchev–Trinajstić information content (AvgIpc) is 3.47. The number of nitrogens with zero attached hydrogens (tertiary/aromatic N) is 3. The van der Waals surface area contributed by atoms with Gasteiger partial charge in [0.15, 0.2) is 0 Å². The lowest BCUT2D eigenvalue weighted by Crippen LogP contribution is -2.36. The Morgan fingerprint density at radius 1 is 1.14 bits per heavy atom. The van der Waals surface area contributed by atoms with Crippen LogP contribution in [0.2, 0.25) is 0 Å². The number of carbonyl (C=O) groups excluding carboxylic acids is 1. The van der Waals surface area contributed by atoms with Gasteiger partial charge in [-0.3, -0.25) is 4.90 Å². The molecule has 0 N–H and O–H groups in total. The maximum Gasteiger partial charge on any atom is 0.410 e. The Morgan fingerprint density at radius 3 is 2.63 bits per heavy atom. The zero-order valence-electron chi connectivity index (χ0n) is 21.3. The van der Waals surface area contributed by atoms with E-state index in [1.807, 2.05) is 45.9 Å². The van der Waals surface area contributed by atoms with Gasteiger partial charge < -0.3 is 14.0 Å². The van der Waals surface area contributed by atoms with Crippen molar-refractivity contribution in [2.75, 3.05) is 13.2 Å². The largest absolute Gasteiger partial charge is 0.493 e. The number of carbonyl (C=O) groups is 1. The highest BCUT2D eigenvalue weighted by atomic mass is 16.6. The molecular weight excluding hydrogens is 442 g/mol. The zero-order chi connectivity index (χ0) is 25.0. The van der Waals surface area contributed by atoms with Crippen LogP contribution in [0.4, 0.5) is 4.79 Å². The minimum Gasteiger partial charge on any atom is -0.493 e. The normalized spacial score (nSPS) is 15.9. The predicted molar refractivity (Wildman–Crippen MR) is 134 cm³/mol. The van der Waals surface area contributed by atoms with E-state index in [9.17, 15) is 4.79 Å². The Labute approximate surface area is 207 Å². The van der Waals surface area contributed by atoms with Crippen molar-refractivity contribution in [3.8, 4) is 17.1 Å². The van der Waals surface area contributed by atoms with Gasteiger partial charge in [0.1, 0.15) is 17.4 Å². The van der Waals surface area contributed by atoms with Gasteiger partial charge >= 0.3 is 6.09 Å². The van der Waals surface area contributed by atoms with E-state index in [1.165, 1.54) is 11.1 Å². The molecule has 0 spiro atoms. The van der Waals surface area contributed by atoms with E-state index < -0.39 is 5.60 Å². The summed E-state index contributed by atoms with van der Waals surface area (Å²) in [4.78, 5) is 18.9. The Kier molecular flexibility index (Phi) is 7.43. The summed E-state index contributed by atoms with van der Waals surface area (Å²) in [5.74, 6) is 1.80. The van der Waals surface area contributed by atoms with Gasteiger partial charge in [0.05, 0.1) is 6.61 Å². The van der Waals surface area contributed by atoms with Crippen LogP contribution >= 0.6 is 0 Å². The molecule has 2 heterocycles. The van der Waals surface area contributed by atoms with E-state index in [4.69, 9.17) is 14.0 Å². The van der Waals surface area contributed by atoms with Gasteiger partial charge in [-0.25, -0.2) is 4.79 Å². The minimum atomic E-state index is -0.549. The second-order valence-corrected chi connectivity index (χ2v) is 10.2. The summed E-state index contributed by atoms with van der Waals surface area (Å²) in [6.45, 7) is 11.0. The van der Waals surface area contributed by atoms with Gasteiger partial charge in [-0.1, -0.05) is 35.0 Å². The van der Waals surface area contributed by atoms with Crippen LogP contribution in [0.3, 0.4) is 0 Å². The molecule has 2 aromatic carbocycles. The fourth-order valence-electron chi connectivity index (χ4n) is 4.21. The van der Waals surface area contributed by atoms with Crippen molar-refractivity contribution in [2.24, 2.45) is 0 Å². The third-order valence-electron chi connectivity index (χ3n) is 6.03. The van der Waals surface area contributed by atoms with Gasteiger partial charge in [0.25, 0.3) is 0 Å². The van der Waals surface area contributed by atoms with Crippen molar-refractivity contribution in [3.63, 3.8) is 0 Å². The third-order valence-corrected chi connectivity index (χ3v) is 6.03. The molecule has 1 aliphatic heterocycles. The number of aryl methyl sites for hydroxylation is 3. The van der Waals surface area contributed by atoms with Crippen molar-refractivity contribution in [1.82, 2.24) is 15.0 Å². The quantitative estimate of drug-likeness (QED) is 0.365. The van der Waals surface area contributed by atoms with E-state index >= 15 is 0 Å². The monoisotopic (exact) mass is 477 g/mol. The topological polar surface area (TPSA) is 77.7 Å². The van der Waals surface area contributed by atoms with Crippen molar-refractivity contribution in [2.45, 2.75) is 71.9 Å². The van der Waals surface area contributed by atoms with Gasteiger partial charge in [0.2, 0.25) is 11.7 Å². The fraction of sp³-hybridized carbons (Fsp3) is 0.464. The van der Waals surface area contributed by atoms with Crippen LogP contribution in [0, 0.1) is 13.8 Å².